The molecule has 1 aliphatic rings. The van der Waals surface area contributed by atoms with Gasteiger partial charge in [0.05, 0.1) is 39.4 Å². The number of rotatable bonds is 18. The van der Waals surface area contributed by atoms with Crippen LogP contribution >= 0.6 is 7.82 Å². The first-order valence-electron chi connectivity index (χ1n) is 14.8. The minimum absolute atomic E-state index is 0.0502. The number of carboxylic acid groups (broad SMARTS) is 2. The number of hydrogen-bond donors (Lipinski definition) is 5. The molecule has 47 heavy (non-hydrogen) atoms. The Balaban J connectivity index is 2.76. The van der Waals surface area contributed by atoms with Gasteiger partial charge in [-0.2, -0.15) is 0 Å². The van der Waals surface area contributed by atoms with Gasteiger partial charge in [-0.05, 0) is 0 Å². The van der Waals surface area contributed by atoms with Gasteiger partial charge in [-0.1, -0.05) is 0 Å². The molecule has 1 aliphatic heterocycles. The summed E-state index contributed by atoms with van der Waals surface area (Å²) in [5.74, 6) is -4.16. The Hall–Kier alpha value is -3.23. The van der Waals surface area contributed by atoms with Crippen molar-refractivity contribution in [2.24, 2.45) is 0 Å². The van der Waals surface area contributed by atoms with E-state index in [0.29, 0.717) is 26.2 Å². The van der Waals surface area contributed by atoms with Gasteiger partial charge < -0.3 is 35.2 Å². The summed E-state index contributed by atoms with van der Waals surface area (Å²) in [7, 11) is -3.13. The zero-order chi connectivity index (χ0) is 35.4. The molecule has 270 valence electrons. The molecule has 0 radical (unpaired) electrons. The summed E-state index contributed by atoms with van der Waals surface area (Å²) in [6.07, 6.45) is -1.15. The van der Waals surface area contributed by atoms with E-state index in [0.717, 1.165) is 13.8 Å². The van der Waals surface area contributed by atoms with Crippen molar-refractivity contribution in [3.63, 3.8) is 0 Å². The number of amides is 2. The molecule has 2 atom stereocenters. The van der Waals surface area contributed by atoms with Crippen LogP contribution in [0.5, 0.6) is 0 Å². The maximum atomic E-state index is 12.8. The third kappa shape index (κ3) is 21.3. The van der Waals surface area contributed by atoms with Gasteiger partial charge in [-0.3, -0.25) is 57.4 Å². The molecule has 1 saturated heterocycles. The normalized spacial score (nSPS) is 18.0. The quantitative estimate of drug-likeness (QED) is 0.0539. The van der Waals surface area contributed by atoms with Gasteiger partial charge >= 0.3 is 31.7 Å². The van der Waals surface area contributed by atoms with Gasteiger partial charge in [0.15, 0.2) is 6.10 Å². The summed E-state index contributed by atoms with van der Waals surface area (Å²) in [6, 6.07) is 0. The van der Waals surface area contributed by atoms with E-state index < -0.39 is 63.5 Å². The molecule has 0 aromatic heterocycles. The van der Waals surface area contributed by atoms with Crippen molar-refractivity contribution in [2.45, 2.75) is 20.0 Å². The standard InChI is InChI=1S/C26H47N6O14P/c1-20(33)43-18-22(46-21(2)34)19-45-47(41,42)44-13-4-28-24(36)15-30-6-5-29(14-23(35)27-3)7-9-31(16-25(37)38)11-12-32(10-8-30)17-26(39)40/h22H,4-19H2,1-3H3,(H,27,35)(H,28,36)(H,37,38)(H,39,40)(H,41,42)/t22-/m1/s1. The van der Waals surface area contributed by atoms with Crippen molar-refractivity contribution in [1.29, 1.82) is 0 Å². The van der Waals surface area contributed by atoms with Crippen LogP contribution in [0.25, 0.3) is 0 Å². The molecule has 0 aliphatic carbocycles. The number of carbonyl (C=O) groups excluding carboxylic acids is 4. The highest BCUT2D eigenvalue weighted by molar-refractivity contribution is 7.47. The van der Waals surface area contributed by atoms with Crippen LogP contribution in [0.3, 0.4) is 0 Å². The van der Waals surface area contributed by atoms with E-state index in [4.69, 9.17) is 18.5 Å². The Morgan fingerprint density at radius 2 is 1.15 bits per heavy atom. The van der Waals surface area contributed by atoms with Crippen molar-refractivity contribution in [3.05, 3.63) is 0 Å². The molecular formula is C26H47N6O14P. The lowest BCUT2D eigenvalue weighted by molar-refractivity contribution is -0.158. The summed E-state index contributed by atoms with van der Waals surface area (Å²) in [6.45, 7) is 2.47. The average Bonchev–Trinajstić information content (AvgIpc) is 2.97. The molecule has 1 unspecified atom stereocenters. The van der Waals surface area contributed by atoms with Crippen molar-refractivity contribution >= 4 is 43.5 Å². The van der Waals surface area contributed by atoms with Crippen molar-refractivity contribution in [3.8, 4) is 0 Å². The third-order valence-corrected chi connectivity index (χ3v) is 7.55. The van der Waals surface area contributed by atoms with Gasteiger partial charge in [-0.25, -0.2) is 4.57 Å². The maximum absolute atomic E-state index is 12.8. The Morgan fingerprint density at radius 3 is 1.55 bits per heavy atom. The Labute approximate surface area is 272 Å². The molecule has 5 N–H and O–H groups in total. The van der Waals surface area contributed by atoms with E-state index in [-0.39, 0.29) is 64.8 Å². The second kappa shape index (κ2) is 22.4. The first-order valence-corrected chi connectivity index (χ1v) is 16.3. The van der Waals surface area contributed by atoms with Crippen molar-refractivity contribution < 1.29 is 67.0 Å². The van der Waals surface area contributed by atoms with E-state index in [1.807, 2.05) is 4.90 Å². The van der Waals surface area contributed by atoms with Gasteiger partial charge in [0.25, 0.3) is 0 Å². The second-order valence-electron chi connectivity index (χ2n) is 10.5. The molecule has 0 spiro atoms. The summed E-state index contributed by atoms with van der Waals surface area (Å²) in [5.41, 5.74) is 0. The minimum Gasteiger partial charge on any atom is -0.480 e. The van der Waals surface area contributed by atoms with E-state index in [2.05, 4.69) is 10.6 Å². The van der Waals surface area contributed by atoms with Crippen LogP contribution in [0.2, 0.25) is 0 Å². The van der Waals surface area contributed by atoms with E-state index in [1.165, 1.54) is 7.05 Å². The Kier molecular flexibility index (Phi) is 19.9. The first-order chi connectivity index (χ1) is 22.1. The molecular weight excluding hydrogens is 651 g/mol. The van der Waals surface area contributed by atoms with Crippen molar-refractivity contribution in [1.82, 2.24) is 30.2 Å². The number of esters is 2. The van der Waals surface area contributed by atoms with Crippen LogP contribution in [0.15, 0.2) is 0 Å². The zero-order valence-electron chi connectivity index (χ0n) is 27.0. The molecule has 0 saturated carbocycles. The van der Waals surface area contributed by atoms with E-state index in [1.54, 1.807) is 14.7 Å². The molecule has 0 bridgehead atoms. The smallest absolute Gasteiger partial charge is 0.472 e. The number of hydrogen-bond acceptors (Lipinski definition) is 15. The second-order valence-corrected chi connectivity index (χ2v) is 12.0. The highest BCUT2D eigenvalue weighted by atomic mass is 31.2. The van der Waals surface area contributed by atoms with Gasteiger partial charge in [0.1, 0.15) is 6.61 Å². The average molecular weight is 699 g/mol. The predicted molar refractivity (Wildman–Crippen MR) is 162 cm³/mol. The first kappa shape index (κ1) is 41.8. The SMILES string of the molecule is CNC(=O)CN1CCN(CC(=O)O)CCN(CC(=O)O)CCN(CC(=O)NCCOP(=O)(O)OC[C@@H](COC(C)=O)OC(C)=O)CC1. The van der Waals surface area contributed by atoms with Crippen LogP contribution in [0.4, 0.5) is 0 Å². The van der Waals surface area contributed by atoms with Gasteiger partial charge in [0.2, 0.25) is 11.8 Å². The van der Waals surface area contributed by atoms with Gasteiger partial charge in [-0.15, -0.1) is 0 Å². The minimum atomic E-state index is -4.63. The van der Waals surface area contributed by atoms with Crippen LogP contribution in [-0.2, 0) is 51.9 Å². The molecule has 0 aromatic carbocycles. The summed E-state index contributed by atoms with van der Waals surface area (Å²) in [4.78, 5) is 86.8. The number of carbonyl (C=O) groups is 6. The third-order valence-electron chi connectivity index (χ3n) is 6.57. The maximum Gasteiger partial charge on any atom is 0.472 e. The summed E-state index contributed by atoms with van der Waals surface area (Å²) < 4.78 is 31.5. The number of aliphatic carboxylic acids is 2. The number of nitrogens with zero attached hydrogens (tertiary/aromatic N) is 4. The summed E-state index contributed by atoms with van der Waals surface area (Å²) >= 11 is 0. The van der Waals surface area contributed by atoms with Crippen LogP contribution in [0, 0.1) is 0 Å². The van der Waals surface area contributed by atoms with E-state index in [9.17, 15) is 48.4 Å². The lowest BCUT2D eigenvalue weighted by Crippen LogP contribution is -2.50. The monoisotopic (exact) mass is 698 g/mol. The van der Waals surface area contributed by atoms with E-state index >= 15 is 0 Å². The van der Waals surface area contributed by atoms with Gasteiger partial charge in [0, 0.05) is 79.8 Å². The number of likely N-dealkylation sites (N-methyl/N-ethyl adjacent to an activating group) is 1. The lowest BCUT2D eigenvalue weighted by Gasteiger charge is -2.33. The molecule has 20 nitrogen and oxygen atoms in total. The largest absolute Gasteiger partial charge is 0.480 e. The fraction of sp³-hybridized carbons (Fsp3) is 0.769. The lowest BCUT2D eigenvalue weighted by atomic mass is 10.3. The van der Waals surface area contributed by atoms with Crippen LogP contribution in [0.1, 0.15) is 13.8 Å². The topological polar surface area (TPSA) is 254 Å². The summed E-state index contributed by atoms with van der Waals surface area (Å²) in [5, 5.41) is 23.8. The fourth-order valence-electron chi connectivity index (χ4n) is 4.26. The Bertz CT molecular complexity index is 1100. The molecule has 1 heterocycles. The Morgan fingerprint density at radius 1 is 0.702 bits per heavy atom. The van der Waals surface area contributed by atoms with Crippen molar-refractivity contribution in [2.75, 3.05) is 112 Å². The molecule has 0 aromatic rings. The molecule has 1 rings (SSSR count). The number of phosphoric ester groups is 1. The number of carboxylic acids is 2. The molecule has 1 fully saturated rings. The predicted octanol–water partition coefficient (Wildman–Crippen LogP) is -3.13. The number of phosphoric acid groups is 1. The number of nitrogens with one attached hydrogen (secondary N) is 2. The molecule has 2 amide bonds. The fourth-order valence-corrected chi connectivity index (χ4v) is 5.01. The molecule has 21 heteroatoms. The highest BCUT2D eigenvalue weighted by Gasteiger charge is 2.26. The zero-order valence-corrected chi connectivity index (χ0v) is 27.9. The van der Waals surface area contributed by atoms with Crippen LogP contribution < -0.4 is 10.6 Å². The van der Waals surface area contributed by atoms with Crippen LogP contribution in [-0.4, -0.2) is 188 Å². The number of ether oxygens (including phenoxy) is 2. The highest BCUT2D eigenvalue weighted by Crippen LogP contribution is 2.43.